The van der Waals surface area contributed by atoms with Gasteiger partial charge in [-0.3, -0.25) is 0 Å². The Morgan fingerprint density at radius 2 is 1.81 bits per heavy atom. The molecular weight excluding hydrogens is 258 g/mol. The summed E-state index contributed by atoms with van der Waals surface area (Å²) in [4.78, 5) is 2.37. The summed E-state index contributed by atoms with van der Waals surface area (Å²) in [6, 6.07) is 19.4. The molecule has 3 rings (SSSR count). The number of likely N-dealkylation sites (N-methyl/N-ethyl adjacent to an activating group) is 1. The number of rotatable bonds is 4. The van der Waals surface area contributed by atoms with E-state index in [-0.39, 0.29) is 6.04 Å². The predicted molar refractivity (Wildman–Crippen MR) is 88.2 cm³/mol. The van der Waals surface area contributed by atoms with Crippen LogP contribution in [0.15, 0.2) is 54.6 Å². The first-order chi connectivity index (χ1) is 10.2. The molecular formula is C18H23N3. The van der Waals surface area contributed by atoms with Gasteiger partial charge < -0.3 is 16.0 Å². The van der Waals surface area contributed by atoms with E-state index in [0.717, 1.165) is 18.8 Å². The van der Waals surface area contributed by atoms with Crippen molar-refractivity contribution >= 4 is 5.69 Å². The van der Waals surface area contributed by atoms with Crippen molar-refractivity contribution in [1.29, 1.82) is 0 Å². The first-order valence-electron chi connectivity index (χ1n) is 7.58. The largest absolute Gasteiger partial charge is 0.398 e. The maximum absolute atomic E-state index is 6.21. The summed E-state index contributed by atoms with van der Waals surface area (Å²) >= 11 is 0. The van der Waals surface area contributed by atoms with E-state index in [1.165, 1.54) is 17.5 Å². The Labute approximate surface area is 126 Å². The van der Waals surface area contributed by atoms with Crippen molar-refractivity contribution in [2.45, 2.75) is 18.5 Å². The second-order valence-corrected chi connectivity index (χ2v) is 5.89. The van der Waals surface area contributed by atoms with Crippen LogP contribution < -0.4 is 11.1 Å². The number of benzene rings is 2. The predicted octanol–water partition coefficient (Wildman–Crippen LogP) is 2.65. The lowest BCUT2D eigenvalue weighted by Crippen LogP contribution is -2.35. The molecule has 3 nitrogen and oxygen atoms in total. The van der Waals surface area contributed by atoms with Crippen molar-refractivity contribution in [3.05, 3.63) is 65.7 Å². The Kier molecular flexibility index (Phi) is 4.23. The molecule has 1 aliphatic heterocycles. The number of hydrogen-bond donors (Lipinski definition) is 2. The fourth-order valence-electron chi connectivity index (χ4n) is 3.09. The molecule has 2 aromatic rings. The van der Waals surface area contributed by atoms with Crippen molar-refractivity contribution in [3.63, 3.8) is 0 Å². The van der Waals surface area contributed by atoms with Crippen LogP contribution in [0.4, 0.5) is 5.69 Å². The monoisotopic (exact) mass is 281 g/mol. The van der Waals surface area contributed by atoms with E-state index in [4.69, 9.17) is 5.73 Å². The van der Waals surface area contributed by atoms with Crippen molar-refractivity contribution < 1.29 is 0 Å². The van der Waals surface area contributed by atoms with E-state index in [0.29, 0.717) is 6.04 Å². The minimum Gasteiger partial charge on any atom is -0.398 e. The lowest BCUT2D eigenvalue weighted by molar-refractivity contribution is 0.391. The molecule has 0 saturated carbocycles. The highest BCUT2D eigenvalue weighted by molar-refractivity contribution is 5.51. The third-order valence-corrected chi connectivity index (χ3v) is 4.23. The van der Waals surface area contributed by atoms with Gasteiger partial charge >= 0.3 is 0 Å². The van der Waals surface area contributed by atoms with E-state index in [1.807, 2.05) is 12.1 Å². The van der Waals surface area contributed by atoms with Crippen molar-refractivity contribution in [2.75, 3.05) is 25.9 Å². The molecule has 21 heavy (non-hydrogen) atoms. The molecule has 0 aromatic heterocycles. The zero-order valence-electron chi connectivity index (χ0n) is 12.5. The van der Waals surface area contributed by atoms with Gasteiger partial charge in [0.05, 0.1) is 6.04 Å². The first-order valence-corrected chi connectivity index (χ1v) is 7.58. The maximum atomic E-state index is 6.21. The average molecular weight is 281 g/mol. The zero-order chi connectivity index (χ0) is 14.7. The molecule has 0 radical (unpaired) electrons. The summed E-state index contributed by atoms with van der Waals surface area (Å²) in [5, 5.41) is 3.80. The Bertz CT molecular complexity index is 582. The van der Waals surface area contributed by atoms with Crippen LogP contribution >= 0.6 is 0 Å². The van der Waals surface area contributed by atoms with Crippen molar-refractivity contribution in [2.24, 2.45) is 0 Å². The van der Waals surface area contributed by atoms with Crippen LogP contribution in [0, 0.1) is 0 Å². The van der Waals surface area contributed by atoms with Gasteiger partial charge in [-0.2, -0.15) is 0 Å². The number of hydrogen-bond acceptors (Lipinski definition) is 3. The van der Waals surface area contributed by atoms with Crippen molar-refractivity contribution in [1.82, 2.24) is 10.2 Å². The molecule has 3 heteroatoms. The van der Waals surface area contributed by atoms with Crippen molar-refractivity contribution in [3.8, 4) is 0 Å². The Hall–Kier alpha value is -1.84. The minimum absolute atomic E-state index is 0.156. The highest BCUT2D eigenvalue weighted by Crippen LogP contribution is 2.28. The van der Waals surface area contributed by atoms with Crippen LogP contribution in [0.25, 0.3) is 0 Å². The molecule has 1 fully saturated rings. The molecule has 2 aromatic carbocycles. The molecule has 0 aliphatic carbocycles. The van der Waals surface area contributed by atoms with Gasteiger partial charge in [0.25, 0.3) is 0 Å². The van der Waals surface area contributed by atoms with Gasteiger partial charge in [-0.05, 0) is 37.2 Å². The fraction of sp³-hybridized carbons (Fsp3) is 0.333. The molecule has 1 saturated heterocycles. The minimum atomic E-state index is 0.156. The summed E-state index contributed by atoms with van der Waals surface area (Å²) < 4.78 is 0. The van der Waals surface area contributed by atoms with Crippen LogP contribution in [0.5, 0.6) is 0 Å². The second-order valence-electron chi connectivity index (χ2n) is 5.89. The van der Waals surface area contributed by atoms with Gasteiger partial charge in [0.1, 0.15) is 0 Å². The SMILES string of the molecule is CN1CCC(NC(c2ccccc2)c2ccccc2N)C1. The normalized spacial score (nSPS) is 20.5. The average Bonchev–Trinajstić information content (AvgIpc) is 2.92. The summed E-state index contributed by atoms with van der Waals surface area (Å²) in [6.45, 7) is 2.25. The van der Waals surface area contributed by atoms with Gasteiger partial charge in [-0.15, -0.1) is 0 Å². The van der Waals surface area contributed by atoms with Gasteiger partial charge in [0.2, 0.25) is 0 Å². The number of likely N-dealkylation sites (tertiary alicyclic amines) is 1. The standard InChI is InChI=1S/C18H23N3/c1-21-12-11-15(13-21)20-18(14-7-3-2-4-8-14)16-9-5-6-10-17(16)19/h2-10,15,18,20H,11-13,19H2,1H3. The van der Waals surface area contributed by atoms with Gasteiger partial charge in [-0.25, -0.2) is 0 Å². The van der Waals surface area contributed by atoms with E-state index >= 15 is 0 Å². The molecule has 1 heterocycles. The van der Waals surface area contributed by atoms with Crippen LogP contribution in [0.2, 0.25) is 0 Å². The number of nitrogen functional groups attached to an aromatic ring is 1. The van der Waals surface area contributed by atoms with E-state index in [2.05, 4.69) is 59.7 Å². The van der Waals surface area contributed by atoms with Gasteiger partial charge in [0.15, 0.2) is 0 Å². The number of para-hydroxylation sites is 1. The van der Waals surface area contributed by atoms with Crippen LogP contribution in [0.1, 0.15) is 23.6 Å². The molecule has 2 atom stereocenters. The first kappa shape index (κ1) is 14.1. The lowest BCUT2D eigenvalue weighted by Gasteiger charge is -2.25. The van der Waals surface area contributed by atoms with Crippen LogP contribution in [-0.2, 0) is 0 Å². The highest BCUT2D eigenvalue weighted by Gasteiger charge is 2.24. The van der Waals surface area contributed by atoms with Gasteiger partial charge in [0, 0.05) is 18.3 Å². The molecule has 3 N–H and O–H groups in total. The highest BCUT2D eigenvalue weighted by atomic mass is 15.2. The van der Waals surface area contributed by atoms with E-state index in [1.54, 1.807) is 0 Å². The third kappa shape index (κ3) is 3.26. The van der Waals surface area contributed by atoms with E-state index in [9.17, 15) is 0 Å². The number of anilines is 1. The second kappa shape index (κ2) is 6.29. The number of nitrogens with zero attached hydrogens (tertiary/aromatic N) is 1. The summed E-state index contributed by atoms with van der Waals surface area (Å²) in [7, 11) is 2.18. The molecule has 0 spiro atoms. The molecule has 0 amide bonds. The molecule has 0 bridgehead atoms. The Morgan fingerprint density at radius 3 is 2.48 bits per heavy atom. The smallest absolute Gasteiger partial charge is 0.0599 e. The Balaban J connectivity index is 1.90. The maximum Gasteiger partial charge on any atom is 0.0599 e. The van der Waals surface area contributed by atoms with E-state index < -0.39 is 0 Å². The molecule has 1 aliphatic rings. The van der Waals surface area contributed by atoms with Crippen LogP contribution in [0.3, 0.4) is 0 Å². The summed E-state index contributed by atoms with van der Waals surface area (Å²) in [5.74, 6) is 0. The van der Waals surface area contributed by atoms with Gasteiger partial charge in [-0.1, -0.05) is 48.5 Å². The summed E-state index contributed by atoms with van der Waals surface area (Å²) in [5.41, 5.74) is 9.50. The molecule has 110 valence electrons. The quantitative estimate of drug-likeness (QED) is 0.847. The summed E-state index contributed by atoms with van der Waals surface area (Å²) in [6.07, 6.45) is 1.19. The third-order valence-electron chi connectivity index (χ3n) is 4.23. The molecule has 2 unspecified atom stereocenters. The fourth-order valence-corrected chi connectivity index (χ4v) is 3.09. The zero-order valence-corrected chi connectivity index (χ0v) is 12.5. The number of nitrogens with one attached hydrogen (secondary N) is 1. The van der Waals surface area contributed by atoms with Crippen LogP contribution in [-0.4, -0.2) is 31.1 Å². The number of nitrogens with two attached hydrogens (primary N) is 1. The Morgan fingerprint density at radius 1 is 1.10 bits per heavy atom. The topological polar surface area (TPSA) is 41.3 Å². The lowest BCUT2D eigenvalue weighted by atomic mass is 9.96.